The van der Waals surface area contributed by atoms with Gasteiger partial charge in [0, 0.05) is 0 Å². The molecular formula is C18H35CeO2. The van der Waals surface area contributed by atoms with E-state index in [1.54, 1.807) is 0 Å². The Kier molecular flexibility index (Phi) is 17.9. The minimum absolute atomic E-state index is 0.393. The molecule has 123 valence electrons. The van der Waals surface area contributed by atoms with Crippen LogP contribution < -0.4 is 0 Å². The zero-order valence-electron chi connectivity index (χ0n) is 14.0. The second-order valence-corrected chi connectivity index (χ2v) is 8.89. The molecule has 21 heavy (non-hydrogen) atoms. The second kappa shape index (κ2) is 17.2. The van der Waals surface area contributed by atoms with E-state index in [4.69, 9.17) is 5.11 Å². The summed E-state index contributed by atoms with van der Waals surface area (Å²) in [7, 11) is 0. The molecule has 0 saturated heterocycles. The fraction of sp³-hybridized carbons (Fsp3) is 0.944. The fourth-order valence-corrected chi connectivity index (χ4v) is 3.91. The van der Waals surface area contributed by atoms with Gasteiger partial charge in [0.2, 0.25) is 0 Å². The van der Waals surface area contributed by atoms with E-state index < -0.39 is 5.97 Å². The van der Waals surface area contributed by atoms with Crippen molar-refractivity contribution in [3.05, 3.63) is 0 Å². The predicted octanol–water partition coefficient (Wildman–Crippen LogP) is 6.28. The Morgan fingerprint density at radius 2 is 1.19 bits per heavy atom. The van der Waals surface area contributed by atoms with Gasteiger partial charge in [0.25, 0.3) is 0 Å². The van der Waals surface area contributed by atoms with Gasteiger partial charge in [0.05, 0.1) is 0 Å². The third kappa shape index (κ3) is 18.8. The van der Waals surface area contributed by atoms with Gasteiger partial charge in [-0.15, -0.1) is 0 Å². The van der Waals surface area contributed by atoms with Crippen molar-refractivity contribution in [2.75, 3.05) is 0 Å². The summed E-state index contributed by atoms with van der Waals surface area (Å²) < 4.78 is 0.482. The Morgan fingerprint density at radius 1 is 0.810 bits per heavy atom. The van der Waals surface area contributed by atoms with Crippen molar-refractivity contribution in [3.63, 3.8) is 0 Å². The number of carboxylic acids is 1. The summed E-state index contributed by atoms with van der Waals surface area (Å²) in [6.07, 6.45) is 19.5. The van der Waals surface area contributed by atoms with Gasteiger partial charge in [0.1, 0.15) is 0 Å². The maximum atomic E-state index is 10.6. The average Bonchev–Trinajstić information content (AvgIpc) is 2.43. The Hall–Kier alpha value is 0.847. The minimum atomic E-state index is -0.621. The van der Waals surface area contributed by atoms with Crippen LogP contribution >= 0.6 is 0 Å². The molecule has 0 amide bonds. The predicted molar refractivity (Wildman–Crippen MR) is 86.3 cm³/mol. The van der Waals surface area contributed by atoms with E-state index in [2.05, 4.69) is 6.92 Å². The van der Waals surface area contributed by atoms with Crippen molar-refractivity contribution in [1.29, 1.82) is 0 Å². The van der Waals surface area contributed by atoms with Gasteiger partial charge in [0.15, 0.2) is 0 Å². The van der Waals surface area contributed by atoms with E-state index in [9.17, 15) is 4.79 Å². The van der Waals surface area contributed by atoms with Crippen LogP contribution in [-0.4, -0.2) is 11.1 Å². The molecule has 0 aromatic rings. The third-order valence-electron chi connectivity index (χ3n) is 4.08. The first kappa shape index (κ1) is 21.8. The van der Waals surface area contributed by atoms with Gasteiger partial charge in [-0.2, -0.15) is 0 Å². The van der Waals surface area contributed by atoms with E-state index in [1.165, 1.54) is 83.5 Å². The van der Waals surface area contributed by atoms with Crippen LogP contribution in [0.15, 0.2) is 0 Å². The van der Waals surface area contributed by atoms with E-state index in [0.29, 0.717) is 7.86 Å². The zero-order valence-corrected chi connectivity index (χ0v) is 17.2. The maximum absolute atomic E-state index is 10.6. The van der Waals surface area contributed by atoms with Crippen LogP contribution in [0.5, 0.6) is 0 Å². The van der Waals surface area contributed by atoms with Crippen LogP contribution in [0, 0.1) is 39.6 Å². The molecule has 0 radical (unpaired) electrons. The number of hydrogen-bond donors (Lipinski definition) is 1. The topological polar surface area (TPSA) is 37.3 Å². The summed E-state index contributed by atoms with van der Waals surface area (Å²) in [4.78, 5) is 10.6. The molecule has 0 heterocycles. The van der Waals surface area contributed by atoms with Crippen molar-refractivity contribution in [1.82, 2.24) is 0 Å². The van der Waals surface area contributed by atoms with Crippen molar-refractivity contribution < 1.29 is 49.6 Å². The molecule has 0 bridgehead atoms. The van der Waals surface area contributed by atoms with Crippen LogP contribution in [0.1, 0.15) is 103 Å². The SMILES string of the molecule is CCCCCCCCCCCCCCC[CH]([Ce])CC(=O)O. The van der Waals surface area contributed by atoms with Crippen molar-refractivity contribution in [2.24, 2.45) is 0 Å². The number of unbranched alkanes of at least 4 members (excludes halogenated alkanes) is 12. The summed E-state index contributed by atoms with van der Waals surface area (Å²) in [5.41, 5.74) is 0. The molecule has 3 heteroatoms. The molecule has 0 aliphatic rings. The standard InChI is InChI=1S/C18H35O2.Ce/c1-2-3-4-5-6-7-8-9-10-11-12-13-14-15-16-17-18(19)20;/h16H,2-15,17H2,1H3,(H,19,20);. The average molecular weight is 424 g/mol. The summed E-state index contributed by atoms with van der Waals surface area (Å²) >= 11 is 1.03. The van der Waals surface area contributed by atoms with Crippen LogP contribution in [0.2, 0.25) is 1.44 Å². The Morgan fingerprint density at radius 3 is 1.57 bits per heavy atom. The molecule has 1 unspecified atom stereocenters. The first-order chi connectivity index (χ1) is 10.2. The molecule has 0 fully saturated rings. The molecule has 0 aromatic carbocycles. The molecule has 0 aliphatic heterocycles. The van der Waals surface area contributed by atoms with E-state index >= 15 is 0 Å². The quantitative estimate of drug-likeness (QED) is 0.297. The first-order valence-corrected chi connectivity index (χ1v) is 10.9. The van der Waals surface area contributed by atoms with Gasteiger partial charge in [-0.25, -0.2) is 0 Å². The molecule has 2 nitrogen and oxygen atoms in total. The summed E-state index contributed by atoms with van der Waals surface area (Å²) in [6, 6.07) is 0. The van der Waals surface area contributed by atoms with E-state index in [1.807, 2.05) is 0 Å². The Bertz CT molecular complexity index is 231. The summed E-state index contributed by atoms with van der Waals surface area (Å²) in [5, 5.41) is 8.71. The van der Waals surface area contributed by atoms with Crippen LogP contribution in [0.4, 0.5) is 0 Å². The fourth-order valence-electron chi connectivity index (χ4n) is 2.72. The summed E-state index contributed by atoms with van der Waals surface area (Å²) in [5.74, 6) is -0.621. The zero-order chi connectivity index (χ0) is 15.8. The van der Waals surface area contributed by atoms with Gasteiger partial charge in [-0.05, 0) is 0 Å². The van der Waals surface area contributed by atoms with Gasteiger partial charge >= 0.3 is 134 Å². The molecule has 1 atom stereocenters. The summed E-state index contributed by atoms with van der Waals surface area (Å²) in [6.45, 7) is 2.27. The number of hydrogen-bond acceptors (Lipinski definition) is 1. The third-order valence-corrected chi connectivity index (χ3v) is 5.62. The number of aliphatic carboxylic acids is 1. The second-order valence-electron chi connectivity index (χ2n) is 6.33. The van der Waals surface area contributed by atoms with Crippen LogP contribution in [0.3, 0.4) is 0 Å². The Labute approximate surface area is 159 Å². The molecule has 0 rings (SSSR count). The molecule has 0 aromatic heterocycles. The molecule has 0 saturated carbocycles. The van der Waals surface area contributed by atoms with Gasteiger partial charge in [-0.1, -0.05) is 26.2 Å². The first-order valence-electron chi connectivity index (χ1n) is 9.09. The molecule has 0 spiro atoms. The van der Waals surface area contributed by atoms with Crippen molar-refractivity contribution >= 4 is 5.97 Å². The van der Waals surface area contributed by atoms with E-state index in [0.717, 1.165) is 46.1 Å². The van der Waals surface area contributed by atoms with Gasteiger partial charge < -0.3 is 0 Å². The van der Waals surface area contributed by atoms with Crippen LogP contribution in [0.25, 0.3) is 0 Å². The monoisotopic (exact) mass is 423 g/mol. The van der Waals surface area contributed by atoms with Crippen LogP contribution in [-0.2, 0) is 4.79 Å². The van der Waals surface area contributed by atoms with Gasteiger partial charge in [-0.3, -0.25) is 0 Å². The number of carboxylic acid groups (broad SMARTS) is 1. The van der Waals surface area contributed by atoms with Crippen molar-refractivity contribution in [3.8, 4) is 0 Å². The Balaban J connectivity index is 3.07. The number of carbonyl (C=O) groups is 1. The van der Waals surface area contributed by atoms with E-state index in [-0.39, 0.29) is 0 Å². The molecule has 0 aliphatic carbocycles. The molecular weight excluding hydrogens is 388 g/mol. The normalized spacial score (nSPS) is 12.4. The number of rotatable bonds is 16. The molecule has 1 N–H and O–H groups in total. The van der Waals surface area contributed by atoms with Crippen molar-refractivity contribution in [2.45, 2.75) is 105 Å².